The molecule has 1 unspecified atom stereocenters. The van der Waals surface area contributed by atoms with Gasteiger partial charge in [0.25, 0.3) is 15.9 Å². The van der Waals surface area contributed by atoms with Gasteiger partial charge in [-0.1, -0.05) is 23.2 Å². The number of nitrogens with zero attached hydrogens (tertiary/aromatic N) is 4. The fraction of sp³-hybridized carbons (Fsp3) is 0.364. The van der Waals surface area contributed by atoms with Crippen LogP contribution in [-0.2, 0) is 29.9 Å². The molecule has 2 aliphatic heterocycles. The number of fused-ring (bicyclic) bond motifs is 1. The van der Waals surface area contributed by atoms with E-state index >= 15 is 4.79 Å². The number of likely N-dealkylation sites (N-methyl/N-ethyl adjacent to an activating group) is 1. The molecule has 0 bridgehead atoms. The van der Waals surface area contributed by atoms with E-state index in [1.54, 1.807) is 25.1 Å². The van der Waals surface area contributed by atoms with Crippen molar-refractivity contribution in [1.29, 1.82) is 5.26 Å². The molecule has 17 heteroatoms. The maximum Gasteiger partial charge on any atom is 0.573 e. The maximum atomic E-state index is 15.5. The highest BCUT2D eigenvalue weighted by Gasteiger charge is 2.64. The van der Waals surface area contributed by atoms with Gasteiger partial charge in [-0.15, -0.1) is 13.2 Å². The topological polar surface area (TPSA) is 139 Å². The van der Waals surface area contributed by atoms with Crippen LogP contribution in [0.2, 0.25) is 5.02 Å². The van der Waals surface area contributed by atoms with Gasteiger partial charge in [0.1, 0.15) is 23.0 Å². The van der Waals surface area contributed by atoms with Crippen LogP contribution in [0.4, 0.5) is 18.9 Å². The average Bonchev–Trinajstić information content (AvgIpc) is 3.58. The molecule has 2 heterocycles. The molecule has 0 N–H and O–H groups in total. The van der Waals surface area contributed by atoms with Gasteiger partial charge in [0, 0.05) is 42.9 Å². The van der Waals surface area contributed by atoms with Gasteiger partial charge in [0.05, 0.1) is 38.1 Å². The third-order valence-electron chi connectivity index (χ3n) is 8.50. The van der Waals surface area contributed by atoms with Crippen LogP contribution in [-0.4, -0.2) is 90.0 Å². The van der Waals surface area contributed by atoms with Gasteiger partial charge in [-0.3, -0.25) is 14.5 Å². The molecule has 3 atom stereocenters. The summed E-state index contributed by atoms with van der Waals surface area (Å²) in [5, 5.41) is 9.33. The Morgan fingerprint density at radius 3 is 2.40 bits per heavy atom. The Balaban J connectivity index is 1.87. The Bertz CT molecular complexity index is 1990. The van der Waals surface area contributed by atoms with E-state index in [0.717, 1.165) is 18.2 Å². The number of methoxy groups -OCH3 is 2. The highest BCUT2D eigenvalue weighted by atomic mass is 35.5. The Hall–Kier alpha value is -4.56. The first kappa shape index (κ1) is 36.7. The monoisotopic (exact) mass is 736 g/mol. The first-order chi connectivity index (χ1) is 23.5. The molecule has 0 saturated carbocycles. The quantitative estimate of drug-likeness (QED) is 0.290. The van der Waals surface area contributed by atoms with Crippen LogP contribution in [0, 0.1) is 18.3 Å². The summed E-state index contributed by atoms with van der Waals surface area (Å²) in [5.74, 6) is -2.78. The number of ether oxygens (including phenoxy) is 4. The van der Waals surface area contributed by atoms with E-state index in [1.807, 2.05) is 6.07 Å². The highest BCUT2D eigenvalue weighted by Crippen LogP contribution is 2.55. The van der Waals surface area contributed by atoms with Crippen molar-refractivity contribution in [2.45, 2.75) is 42.3 Å². The number of carbonyl (C=O) groups excluding carboxylic acids is 2. The second kappa shape index (κ2) is 13.6. The molecule has 0 aliphatic carbocycles. The van der Waals surface area contributed by atoms with Crippen LogP contribution in [0.25, 0.3) is 0 Å². The summed E-state index contributed by atoms with van der Waals surface area (Å²) in [5.41, 5.74) is -1.67. The van der Waals surface area contributed by atoms with Gasteiger partial charge in [0.2, 0.25) is 5.91 Å². The number of hydrogen-bond acceptors (Lipinski definition) is 10. The number of anilines is 1. The summed E-state index contributed by atoms with van der Waals surface area (Å²) in [6.45, 7) is 1.24. The predicted octanol–water partition coefficient (Wildman–Crippen LogP) is 4.61. The average molecular weight is 737 g/mol. The van der Waals surface area contributed by atoms with E-state index in [0.29, 0.717) is 9.87 Å². The van der Waals surface area contributed by atoms with Crippen LogP contribution in [0.1, 0.15) is 23.1 Å². The molecule has 266 valence electrons. The van der Waals surface area contributed by atoms with Crippen LogP contribution in [0.5, 0.6) is 17.2 Å². The van der Waals surface area contributed by atoms with E-state index in [1.165, 1.54) is 56.3 Å². The Kier molecular flexibility index (Phi) is 10.0. The second-order valence-corrected chi connectivity index (χ2v) is 13.9. The van der Waals surface area contributed by atoms with Crippen molar-refractivity contribution in [2.75, 3.05) is 45.8 Å². The summed E-state index contributed by atoms with van der Waals surface area (Å²) < 4.78 is 91.2. The lowest BCUT2D eigenvalue weighted by Crippen LogP contribution is -2.59. The van der Waals surface area contributed by atoms with Crippen molar-refractivity contribution >= 4 is 39.1 Å². The Morgan fingerprint density at radius 1 is 1.06 bits per heavy atom. The largest absolute Gasteiger partial charge is 0.573 e. The number of alkyl halides is 3. The van der Waals surface area contributed by atoms with Gasteiger partial charge in [-0.2, -0.15) is 5.26 Å². The first-order valence-corrected chi connectivity index (χ1v) is 16.8. The molecule has 3 aromatic carbocycles. The molecular weight excluding hydrogens is 705 g/mol. The number of rotatable bonds is 10. The standard InChI is InChI=1S/C33H32ClF3N4O8S/c1-19-6-10-27(47-5)24(14-19)32(40-18-22(48-13-12-38)16-26(40)30(42)39(2)3)23-15-20(34)7-9-25(23)41(31(32)43)50(44,45)29-11-8-21(46-4)17-28(29)49-33(35,36)37/h6-11,14-15,17,22,26H,13,16,18H2,1-5H3/t22-,26+,32?/m1/s1. The van der Waals surface area contributed by atoms with E-state index in [9.17, 15) is 31.6 Å². The number of hydrogen-bond donors (Lipinski definition) is 0. The van der Waals surface area contributed by atoms with Gasteiger partial charge in [0.15, 0.2) is 11.3 Å². The number of amides is 2. The first-order valence-electron chi connectivity index (χ1n) is 15.0. The zero-order valence-electron chi connectivity index (χ0n) is 27.4. The van der Waals surface area contributed by atoms with E-state index < -0.39 is 56.5 Å². The summed E-state index contributed by atoms with van der Waals surface area (Å²) in [6, 6.07) is 12.3. The molecule has 1 fully saturated rings. The molecule has 5 rings (SSSR count). The minimum atomic E-state index is -5.32. The van der Waals surface area contributed by atoms with Gasteiger partial charge >= 0.3 is 6.36 Å². The number of sulfonamides is 1. The number of halogens is 4. The molecule has 1 saturated heterocycles. The van der Waals surface area contributed by atoms with Gasteiger partial charge in [-0.25, -0.2) is 12.7 Å². The van der Waals surface area contributed by atoms with Crippen molar-refractivity contribution in [3.63, 3.8) is 0 Å². The molecule has 2 aliphatic rings. The number of nitriles is 1. The zero-order chi connectivity index (χ0) is 36.8. The number of aryl methyl sites for hydroxylation is 1. The van der Waals surface area contributed by atoms with E-state index in [-0.39, 0.29) is 52.9 Å². The van der Waals surface area contributed by atoms with Crippen molar-refractivity contribution in [3.8, 4) is 23.3 Å². The Morgan fingerprint density at radius 2 is 1.78 bits per heavy atom. The third kappa shape index (κ3) is 6.30. The van der Waals surface area contributed by atoms with E-state index in [4.69, 9.17) is 25.8 Å². The molecule has 0 aromatic heterocycles. The summed E-state index contributed by atoms with van der Waals surface area (Å²) in [4.78, 5) is 31.1. The van der Waals surface area contributed by atoms with Gasteiger partial charge in [-0.05, 0) is 55.8 Å². The lowest BCUT2D eigenvalue weighted by Gasteiger charge is -2.42. The lowest BCUT2D eigenvalue weighted by molar-refractivity contribution is -0.275. The molecule has 2 amide bonds. The summed E-state index contributed by atoms with van der Waals surface area (Å²) in [7, 11) is 0.292. The molecule has 3 aromatic rings. The van der Waals surface area contributed by atoms with E-state index in [2.05, 4.69) is 4.74 Å². The predicted molar refractivity (Wildman–Crippen MR) is 173 cm³/mol. The van der Waals surface area contributed by atoms with Crippen molar-refractivity contribution in [1.82, 2.24) is 9.80 Å². The van der Waals surface area contributed by atoms with Crippen molar-refractivity contribution in [3.05, 3.63) is 76.3 Å². The minimum Gasteiger partial charge on any atom is -0.497 e. The van der Waals surface area contributed by atoms with Crippen LogP contribution in [0.15, 0.2) is 59.5 Å². The lowest BCUT2D eigenvalue weighted by atomic mass is 9.80. The fourth-order valence-electron chi connectivity index (χ4n) is 6.49. The van der Waals surface area contributed by atoms with Crippen LogP contribution < -0.4 is 18.5 Å². The maximum absolute atomic E-state index is 15.5. The third-order valence-corrected chi connectivity index (χ3v) is 10.5. The minimum absolute atomic E-state index is 0.00626. The van der Waals surface area contributed by atoms with Crippen molar-refractivity contribution in [2.24, 2.45) is 0 Å². The van der Waals surface area contributed by atoms with Crippen LogP contribution >= 0.6 is 11.6 Å². The zero-order valence-corrected chi connectivity index (χ0v) is 29.0. The second-order valence-electron chi connectivity index (χ2n) is 11.7. The summed E-state index contributed by atoms with van der Waals surface area (Å²) in [6.07, 6.45) is -6.08. The fourth-order valence-corrected chi connectivity index (χ4v) is 8.22. The van der Waals surface area contributed by atoms with Gasteiger partial charge < -0.3 is 23.8 Å². The molecule has 0 spiro atoms. The Labute approximate surface area is 291 Å². The number of benzene rings is 3. The van der Waals surface area contributed by atoms with Crippen LogP contribution in [0.3, 0.4) is 0 Å². The smallest absolute Gasteiger partial charge is 0.497 e. The summed E-state index contributed by atoms with van der Waals surface area (Å²) >= 11 is 6.53. The molecule has 50 heavy (non-hydrogen) atoms. The molecular formula is C33H32ClF3N4O8S. The SMILES string of the molecule is COc1ccc(S(=O)(=O)N2C(=O)C(c3cc(C)ccc3OC)(N3C[C@H](OCC#N)C[C@H]3C(=O)N(C)C)c3cc(Cl)ccc32)c(OC(F)(F)F)c1. The molecule has 0 radical (unpaired) electrons. The molecule has 12 nitrogen and oxygen atoms in total. The number of carbonyl (C=O) groups is 2. The van der Waals surface area contributed by atoms with Crippen molar-refractivity contribution < 1.29 is 50.1 Å². The highest BCUT2D eigenvalue weighted by molar-refractivity contribution is 7.93. The normalized spacial score (nSPS) is 20.7. The number of likely N-dealkylation sites (tertiary alicyclic amines) is 1.